The second kappa shape index (κ2) is 10.3. The summed E-state index contributed by atoms with van der Waals surface area (Å²) in [6.07, 6.45) is 5.39. The zero-order valence-electron chi connectivity index (χ0n) is 12.5. The van der Waals surface area contributed by atoms with Crippen LogP contribution in [0.4, 0.5) is 0 Å². The van der Waals surface area contributed by atoms with Gasteiger partial charge in [-0.25, -0.2) is 8.42 Å². The molecule has 0 aliphatic rings. The van der Waals surface area contributed by atoms with Gasteiger partial charge in [0.2, 0.25) is 0 Å². The van der Waals surface area contributed by atoms with Crippen LogP contribution in [-0.4, -0.2) is 18.9 Å². The van der Waals surface area contributed by atoms with Crippen LogP contribution >= 0.6 is 0 Å². The van der Waals surface area contributed by atoms with E-state index >= 15 is 0 Å². The van der Waals surface area contributed by atoms with Crippen molar-refractivity contribution in [1.82, 2.24) is 0 Å². The SMILES string of the molecule is CCCCCCCC(=O)Oc1cccc(S(=O)(=O)[O-])c1.[Na+]. The first kappa shape index (κ1) is 20.6. The number of carbonyl (C=O) groups excluding carboxylic acids is 1. The predicted octanol–water partition coefficient (Wildman–Crippen LogP) is -0.139. The van der Waals surface area contributed by atoms with E-state index in [-0.39, 0.29) is 41.7 Å². The van der Waals surface area contributed by atoms with E-state index in [1.54, 1.807) is 0 Å². The van der Waals surface area contributed by atoms with Crippen molar-refractivity contribution in [3.05, 3.63) is 24.3 Å². The second-order valence-corrected chi connectivity index (χ2v) is 5.95. The van der Waals surface area contributed by atoms with Gasteiger partial charge in [-0.3, -0.25) is 4.79 Å². The van der Waals surface area contributed by atoms with Crippen molar-refractivity contribution >= 4 is 16.1 Å². The molecule has 1 aromatic rings. The van der Waals surface area contributed by atoms with E-state index < -0.39 is 21.0 Å². The van der Waals surface area contributed by atoms with E-state index in [0.29, 0.717) is 0 Å². The smallest absolute Gasteiger partial charge is 0.744 e. The van der Waals surface area contributed by atoms with Crippen molar-refractivity contribution in [3.8, 4) is 5.75 Å². The Kier molecular flexibility index (Phi) is 10.1. The molecule has 0 saturated carbocycles. The summed E-state index contributed by atoms with van der Waals surface area (Å²) in [4.78, 5) is 11.2. The van der Waals surface area contributed by atoms with Gasteiger partial charge in [0.25, 0.3) is 0 Å². The van der Waals surface area contributed by atoms with Crippen molar-refractivity contribution in [2.24, 2.45) is 0 Å². The number of rotatable bonds is 8. The summed E-state index contributed by atoms with van der Waals surface area (Å²) in [7, 11) is -4.53. The van der Waals surface area contributed by atoms with Crippen molar-refractivity contribution in [2.75, 3.05) is 0 Å². The number of hydrogen-bond donors (Lipinski definition) is 0. The van der Waals surface area contributed by atoms with Gasteiger partial charge in [-0.1, -0.05) is 38.7 Å². The molecule has 5 nitrogen and oxygen atoms in total. The van der Waals surface area contributed by atoms with Gasteiger partial charge in [0, 0.05) is 6.42 Å². The van der Waals surface area contributed by atoms with Gasteiger partial charge in [0.1, 0.15) is 15.9 Å². The van der Waals surface area contributed by atoms with Gasteiger partial charge >= 0.3 is 35.5 Å². The first-order valence-corrected chi connectivity index (χ1v) is 8.11. The quantitative estimate of drug-likeness (QED) is 0.219. The molecule has 0 heterocycles. The minimum absolute atomic E-state index is 0. The average Bonchev–Trinajstić information content (AvgIpc) is 2.38. The molecule has 0 unspecified atom stereocenters. The van der Waals surface area contributed by atoms with Gasteiger partial charge in [0.05, 0.1) is 4.90 Å². The van der Waals surface area contributed by atoms with Gasteiger partial charge in [-0.2, -0.15) is 0 Å². The van der Waals surface area contributed by atoms with E-state index in [0.717, 1.165) is 38.2 Å². The summed E-state index contributed by atoms with van der Waals surface area (Å²) < 4.78 is 37.6. The molecule has 0 aliphatic heterocycles. The summed E-state index contributed by atoms with van der Waals surface area (Å²) in [6, 6.07) is 5.06. The van der Waals surface area contributed by atoms with Crippen LogP contribution in [0.1, 0.15) is 45.4 Å². The van der Waals surface area contributed by atoms with Crippen LogP contribution in [0.2, 0.25) is 0 Å². The fourth-order valence-electron chi connectivity index (χ4n) is 1.75. The Balaban J connectivity index is 0.00000400. The third-order valence-corrected chi connectivity index (χ3v) is 3.64. The fraction of sp³-hybridized carbons (Fsp3) is 0.500. The molecule has 1 rings (SSSR count). The maximum Gasteiger partial charge on any atom is 1.00 e. The fourth-order valence-corrected chi connectivity index (χ4v) is 2.25. The molecule has 0 aromatic heterocycles. The number of ether oxygens (including phenoxy) is 1. The molecular weight excluding hydrogens is 303 g/mol. The normalized spacial score (nSPS) is 10.8. The van der Waals surface area contributed by atoms with Crippen LogP contribution in [0.5, 0.6) is 5.75 Å². The molecule has 0 spiro atoms. The van der Waals surface area contributed by atoms with E-state index in [4.69, 9.17) is 4.74 Å². The third kappa shape index (κ3) is 8.58. The number of carbonyl (C=O) groups is 1. The minimum atomic E-state index is -4.53. The number of benzene rings is 1. The predicted molar refractivity (Wildman–Crippen MR) is 73.4 cm³/mol. The van der Waals surface area contributed by atoms with E-state index in [1.807, 2.05) is 0 Å². The molecule has 112 valence electrons. The zero-order chi connectivity index (χ0) is 15.0. The van der Waals surface area contributed by atoms with Crippen LogP contribution in [-0.2, 0) is 14.9 Å². The van der Waals surface area contributed by atoms with Crippen LogP contribution in [0.3, 0.4) is 0 Å². The topological polar surface area (TPSA) is 83.5 Å². The van der Waals surface area contributed by atoms with Gasteiger partial charge in [0.15, 0.2) is 0 Å². The van der Waals surface area contributed by atoms with Crippen molar-refractivity contribution < 1.29 is 52.1 Å². The summed E-state index contributed by atoms with van der Waals surface area (Å²) in [5, 5.41) is 0. The Hall–Kier alpha value is -0.400. The number of hydrogen-bond acceptors (Lipinski definition) is 5. The Morgan fingerprint density at radius 3 is 2.48 bits per heavy atom. The molecule has 0 saturated heterocycles. The molecule has 0 bridgehead atoms. The molecular formula is C14H19NaO5S. The Morgan fingerprint density at radius 1 is 1.19 bits per heavy atom. The van der Waals surface area contributed by atoms with Gasteiger partial charge < -0.3 is 9.29 Å². The van der Waals surface area contributed by atoms with Crippen molar-refractivity contribution in [2.45, 2.75) is 50.3 Å². The van der Waals surface area contributed by atoms with Crippen LogP contribution in [0.25, 0.3) is 0 Å². The monoisotopic (exact) mass is 322 g/mol. The van der Waals surface area contributed by atoms with E-state index in [1.165, 1.54) is 18.2 Å². The number of unbranched alkanes of at least 4 members (excludes halogenated alkanes) is 4. The first-order valence-electron chi connectivity index (χ1n) is 6.70. The Labute approximate surface area is 148 Å². The van der Waals surface area contributed by atoms with Gasteiger partial charge in [-0.15, -0.1) is 0 Å². The molecule has 21 heavy (non-hydrogen) atoms. The maximum absolute atomic E-state index is 11.6. The van der Waals surface area contributed by atoms with E-state index in [2.05, 4.69) is 6.92 Å². The second-order valence-electron chi connectivity index (χ2n) is 4.57. The van der Waals surface area contributed by atoms with Crippen LogP contribution in [0.15, 0.2) is 29.2 Å². The molecule has 7 heteroatoms. The minimum Gasteiger partial charge on any atom is -0.744 e. The van der Waals surface area contributed by atoms with Gasteiger partial charge in [-0.05, 0) is 24.6 Å². The molecule has 0 N–H and O–H groups in total. The Bertz CT molecular complexity index is 542. The molecule has 0 aliphatic carbocycles. The molecule has 0 atom stereocenters. The average molecular weight is 322 g/mol. The van der Waals surface area contributed by atoms with E-state index in [9.17, 15) is 17.8 Å². The summed E-state index contributed by atoms with van der Waals surface area (Å²) in [5.41, 5.74) is 0. The largest absolute Gasteiger partial charge is 1.00 e. The standard InChI is InChI=1S/C14H20O5S.Na/c1-2-3-4-5-6-10-14(15)19-12-8-7-9-13(11-12)20(16,17)18;/h7-9,11H,2-6,10H2,1H3,(H,16,17,18);/q;+1/p-1. The first-order chi connectivity index (χ1) is 9.43. The summed E-state index contributed by atoms with van der Waals surface area (Å²) >= 11 is 0. The molecule has 0 fully saturated rings. The van der Waals surface area contributed by atoms with Crippen LogP contribution < -0.4 is 34.3 Å². The Morgan fingerprint density at radius 2 is 1.86 bits per heavy atom. The summed E-state index contributed by atoms with van der Waals surface area (Å²) in [5.74, 6) is -0.331. The molecule has 0 radical (unpaired) electrons. The zero-order valence-corrected chi connectivity index (χ0v) is 15.3. The molecule has 0 amide bonds. The van der Waals surface area contributed by atoms with Crippen molar-refractivity contribution in [3.63, 3.8) is 0 Å². The number of esters is 1. The molecule has 1 aromatic carbocycles. The summed E-state index contributed by atoms with van der Waals surface area (Å²) in [6.45, 7) is 2.12. The van der Waals surface area contributed by atoms with Crippen molar-refractivity contribution in [1.29, 1.82) is 0 Å². The van der Waals surface area contributed by atoms with Crippen LogP contribution in [0, 0.1) is 0 Å². The third-order valence-electron chi connectivity index (χ3n) is 2.81. The maximum atomic E-state index is 11.6.